The second kappa shape index (κ2) is 6.57. The van der Waals surface area contributed by atoms with Gasteiger partial charge in [-0.05, 0) is 60.5 Å². The molecule has 0 saturated carbocycles. The summed E-state index contributed by atoms with van der Waals surface area (Å²) in [5, 5.41) is 9.51. The number of hydrogen-bond acceptors (Lipinski definition) is 2. The number of ether oxygens (including phenoxy) is 1. The Morgan fingerprint density at radius 3 is 2.65 bits per heavy atom. The van der Waals surface area contributed by atoms with Crippen LogP contribution in [0.1, 0.15) is 26.3 Å². The van der Waals surface area contributed by atoms with Crippen LogP contribution >= 0.6 is 31.9 Å². The number of rotatable bonds is 4. The Morgan fingerprint density at radius 2 is 2.12 bits per heavy atom. The van der Waals surface area contributed by atoms with E-state index in [1.54, 1.807) is 6.92 Å². The summed E-state index contributed by atoms with van der Waals surface area (Å²) in [6.45, 7) is 6.20. The maximum atomic E-state index is 9.51. The fourth-order valence-electron chi connectivity index (χ4n) is 1.35. The largest absolute Gasteiger partial charge is 0.492 e. The Balaban J connectivity index is 3.25. The van der Waals surface area contributed by atoms with Crippen molar-refractivity contribution in [2.45, 2.75) is 26.9 Å². The van der Waals surface area contributed by atoms with Crippen LogP contribution in [-0.2, 0) is 0 Å². The molecule has 0 aliphatic rings. The van der Waals surface area contributed by atoms with Gasteiger partial charge >= 0.3 is 0 Å². The lowest BCUT2D eigenvalue weighted by molar-refractivity contribution is 0.232. The third kappa shape index (κ3) is 4.12. The fourth-order valence-corrected chi connectivity index (χ4v) is 2.72. The highest BCUT2D eigenvalue weighted by Crippen LogP contribution is 2.34. The minimum atomic E-state index is -0.456. The molecule has 0 spiro atoms. The van der Waals surface area contributed by atoms with Crippen molar-refractivity contribution >= 4 is 37.9 Å². The maximum absolute atomic E-state index is 9.51. The Kier molecular flexibility index (Phi) is 5.70. The molecule has 1 N–H and O–H groups in total. The fraction of sp³-hybridized carbons (Fsp3) is 0.385. The van der Waals surface area contributed by atoms with Crippen LogP contribution in [0.4, 0.5) is 0 Å². The van der Waals surface area contributed by atoms with Gasteiger partial charge in [0.2, 0.25) is 0 Å². The van der Waals surface area contributed by atoms with E-state index in [2.05, 4.69) is 31.9 Å². The van der Waals surface area contributed by atoms with E-state index in [-0.39, 0.29) is 0 Å². The summed E-state index contributed by atoms with van der Waals surface area (Å²) in [5.41, 5.74) is 1.85. The van der Waals surface area contributed by atoms with E-state index in [1.165, 1.54) is 0 Å². The van der Waals surface area contributed by atoms with Gasteiger partial charge in [-0.2, -0.15) is 0 Å². The molecule has 0 radical (unpaired) electrons. The average molecular weight is 364 g/mol. The number of halogens is 2. The summed E-state index contributed by atoms with van der Waals surface area (Å²) < 4.78 is 7.48. The molecule has 0 heterocycles. The van der Waals surface area contributed by atoms with Crippen LogP contribution in [0, 0.1) is 0 Å². The zero-order chi connectivity index (χ0) is 13.0. The molecule has 1 atom stereocenters. The van der Waals surface area contributed by atoms with Gasteiger partial charge in [-0.15, -0.1) is 0 Å². The van der Waals surface area contributed by atoms with Crippen molar-refractivity contribution in [1.29, 1.82) is 0 Å². The lowest BCUT2D eigenvalue weighted by Crippen LogP contribution is -2.01. The van der Waals surface area contributed by atoms with Crippen molar-refractivity contribution in [2.75, 3.05) is 6.61 Å². The van der Waals surface area contributed by atoms with Gasteiger partial charge in [-0.3, -0.25) is 0 Å². The highest BCUT2D eigenvalue weighted by Gasteiger charge is 2.09. The summed E-state index contributed by atoms with van der Waals surface area (Å²) in [7, 11) is 0. The molecule has 1 rings (SSSR count). The van der Waals surface area contributed by atoms with E-state index in [4.69, 9.17) is 4.74 Å². The third-order valence-corrected chi connectivity index (χ3v) is 3.41. The van der Waals surface area contributed by atoms with Crippen molar-refractivity contribution in [1.82, 2.24) is 0 Å². The average Bonchev–Trinajstić information content (AvgIpc) is 2.22. The highest BCUT2D eigenvalue weighted by molar-refractivity contribution is 9.11. The Labute approximate surface area is 119 Å². The summed E-state index contributed by atoms with van der Waals surface area (Å²) in [6.07, 6.45) is 1.48. The molecule has 0 saturated heterocycles. The Bertz CT molecular complexity index is 426. The molecular weight excluding hydrogens is 348 g/mol. The molecule has 94 valence electrons. The standard InChI is InChI=1S/C13H16Br2O2/c1-4-17-13-10(5-8(2)9(3)16)6-11(14)7-12(13)15/h5-7,9,16H,4H2,1-3H3/b8-5-. The lowest BCUT2D eigenvalue weighted by atomic mass is 10.1. The molecule has 1 unspecified atom stereocenters. The zero-order valence-corrected chi connectivity index (χ0v) is 13.3. The molecular formula is C13H16Br2O2. The predicted molar refractivity (Wildman–Crippen MR) is 78.3 cm³/mol. The van der Waals surface area contributed by atoms with Gasteiger partial charge in [0.25, 0.3) is 0 Å². The number of aliphatic hydroxyl groups excluding tert-OH is 1. The quantitative estimate of drug-likeness (QED) is 0.859. The topological polar surface area (TPSA) is 29.5 Å². The molecule has 0 bridgehead atoms. The van der Waals surface area contributed by atoms with E-state index < -0.39 is 6.10 Å². The molecule has 0 amide bonds. The molecule has 0 fully saturated rings. The van der Waals surface area contributed by atoms with Crippen LogP contribution in [0.25, 0.3) is 6.08 Å². The minimum Gasteiger partial charge on any atom is -0.492 e. The summed E-state index contributed by atoms with van der Waals surface area (Å²) >= 11 is 6.93. The monoisotopic (exact) mass is 362 g/mol. The first-order valence-corrected chi connectivity index (χ1v) is 7.02. The van der Waals surface area contributed by atoms with Crippen molar-refractivity contribution in [3.63, 3.8) is 0 Å². The molecule has 0 aliphatic carbocycles. The molecule has 1 aromatic carbocycles. The van der Waals surface area contributed by atoms with Gasteiger partial charge in [0, 0.05) is 10.0 Å². The van der Waals surface area contributed by atoms with E-state index in [0.717, 1.165) is 25.8 Å². The van der Waals surface area contributed by atoms with Crippen LogP contribution < -0.4 is 4.74 Å². The first-order chi connectivity index (χ1) is 7.95. The zero-order valence-electron chi connectivity index (χ0n) is 10.1. The van der Waals surface area contributed by atoms with Crippen LogP contribution in [0.5, 0.6) is 5.75 Å². The van der Waals surface area contributed by atoms with Gasteiger partial charge in [0.05, 0.1) is 17.2 Å². The molecule has 1 aromatic rings. The first-order valence-electron chi connectivity index (χ1n) is 5.43. The molecule has 17 heavy (non-hydrogen) atoms. The van der Waals surface area contributed by atoms with Gasteiger partial charge in [-0.25, -0.2) is 0 Å². The lowest BCUT2D eigenvalue weighted by Gasteiger charge is -2.12. The normalized spacial score (nSPS) is 13.6. The van der Waals surface area contributed by atoms with E-state index >= 15 is 0 Å². The molecule has 0 aromatic heterocycles. The first kappa shape index (κ1) is 14.7. The van der Waals surface area contributed by atoms with Crippen LogP contribution in [-0.4, -0.2) is 17.8 Å². The van der Waals surface area contributed by atoms with Crippen molar-refractivity contribution in [3.8, 4) is 5.75 Å². The van der Waals surface area contributed by atoms with Gasteiger partial charge in [-0.1, -0.05) is 15.9 Å². The smallest absolute Gasteiger partial charge is 0.140 e. The highest BCUT2D eigenvalue weighted by atomic mass is 79.9. The van der Waals surface area contributed by atoms with Crippen LogP contribution in [0.2, 0.25) is 0 Å². The van der Waals surface area contributed by atoms with Crippen LogP contribution in [0.3, 0.4) is 0 Å². The summed E-state index contributed by atoms with van der Waals surface area (Å²) in [4.78, 5) is 0. The van der Waals surface area contributed by atoms with Gasteiger partial charge in [0.1, 0.15) is 5.75 Å². The summed E-state index contributed by atoms with van der Waals surface area (Å²) in [5.74, 6) is 0.802. The molecule has 2 nitrogen and oxygen atoms in total. The van der Waals surface area contributed by atoms with E-state index in [0.29, 0.717) is 6.61 Å². The van der Waals surface area contributed by atoms with Crippen LogP contribution in [0.15, 0.2) is 26.7 Å². The number of benzene rings is 1. The van der Waals surface area contributed by atoms with E-state index in [1.807, 2.05) is 32.1 Å². The number of aliphatic hydroxyl groups is 1. The molecule has 4 heteroatoms. The van der Waals surface area contributed by atoms with E-state index in [9.17, 15) is 5.11 Å². The second-order valence-corrected chi connectivity index (χ2v) is 5.57. The Hall–Kier alpha value is -0.320. The van der Waals surface area contributed by atoms with Crippen molar-refractivity contribution < 1.29 is 9.84 Å². The van der Waals surface area contributed by atoms with Crippen molar-refractivity contribution in [3.05, 3.63) is 32.2 Å². The van der Waals surface area contributed by atoms with Gasteiger partial charge in [0.15, 0.2) is 0 Å². The number of hydrogen-bond donors (Lipinski definition) is 1. The second-order valence-electron chi connectivity index (χ2n) is 3.80. The Morgan fingerprint density at radius 1 is 1.47 bits per heavy atom. The summed E-state index contributed by atoms with van der Waals surface area (Å²) in [6, 6.07) is 3.92. The predicted octanol–water partition coefficient (Wildman–Crippen LogP) is 4.39. The third-order valence-electron chi connectivity index (χ3n) is 2.37. The van der Waals surface area contributed by atoms with Crippen molar-refractivity contribution in [2.24, 2.45) is 0 Å². The SMILES string of the molecule is CCOc1c(Br)cc(Br)cc1/C=C(/C)C(C)O. The minimum absolute atomic E-state index is 0.456. The molecule has 0 aliphatic heterocycles. The maximum Gasteiger partial charge on any atom is 0.140 e. The van der Waals surface area contributed by atoms with Gasteiger partial charge < -0.3 is 9.84 Å².